The zero-order valence-corrected chi connectivity index (χ0v) is 5.01. The van der Waals surface area contributed by atoms with Gasteiger partial charge in [-0.3, -0.25) is 0 Å². The Morgan fingerprint density at radius 2 is 2.25 bits per heavy atom. The van der Waals surface area contributed by atoms with E-state index in [4.69, 9.17) is 10.8 Å². The maximum atomic E-state index is 8.63. The Bertz CT molecular complexity index is 74.9. The molecule has 1 aliphatic carbocycles. The highest BCUT2D eigenvalue weighted by molar-refractivity contribution is 4.76. The van der Waals surface area contributed by atoms with Crippen molar-refractivity contribution >= 4 is 0 Å². The summed E-state index contributed by atoms with van der Waals surface area (Å²) in [4.78, 5) is 0. The lowest BCUT2D eigenvalue weighted by atomic mass is 10.1. The van der Waals surface area contributed by atoms with E-state index in [1.54, 1.807) is 0 Å². The van der Waals surface area contributed by atoms with Gasteiger partial charge in [-0.15, -0.1) is 0 Å². The first-order valence-electron chi connectivity index (χ1n) is 3.19. The SMILES string of the molecule is N[C@H]1CC[C@@H](CO)C1. The lowest BCUT2D eigenvalue weighted by Gasteiger charge is -2.01. The fraction of sp³-hybridized carbons (Fsp3) is 1.00. The van der Waals surface area contributed by atoms with Crippen molar-refractivity contribution in [3.05, 3.63) is 0 Å². The second-order valence-corrected chi connectivity index (χ2v) is 2.62. The molecule has 1 saturated carbocycles. The number of aliphatic hydroxyl groups excluding tert-OH is 1. The Morgan fingerprint density at radius 3 is 2.50 bits per heavy atom. The topological polar surface area (TPSA) is 46.2 Å². The summed E-state index contributed by atoms with van der Waals surface area (Å²) in [7, 11) is 0. The van der Waals surface area contributed by atoms with Gasteiger partial charge in [0.1, 0.15) is 0 Å². The largest absolute Gasteiger partial charge is 0.396 e. The predicted molar refractivity (Wildman–Crippen MR) is 32.4 cm³/mol. The van der Waals surface area contributed by atoms with Crippen molar-refractivity contribution in [2.75, 3.05) is 6.61 Å². The number of nitrogens with two attached hydrogens (primary N) is 1. The first-order valence-corrected chi connectivity index (χ1v) is 3.19. The van der Waals surface area contributed by atoms with Gasteiger partial charge < -0.3 is 10.8 Å². The molecule has 8 heavy (non-hydrogen) atoms. The average molecular weight is 115 g/mol. The summed E-state index contributed by atoms with van der Waals surface area (Å²) in [5.74, 6) is 0.505. The summed E-state index contributed by atoms with van der Waals surface area (Å²) in [5, 5.41) is 8.63. The molecule has 0 spiro atoms. The second-order valence-electron chi connectivity index (χ2n) is 2.62. The highest BCUT2D eigenvalue weighted by Crippen LogP contribution is 2.22. The quantitative estimate of drug-likeness (QED) is 0.509. The third-order valence-corrected chi connectivity index (χ3v) is 1.84. The fourth-order valence-corrected chi connectivity index (χ4v) is 1.28. The molecule has 0 saturated heterocycles. The molecule has 1 fully saturated rings. The molecule has 0 unspecified atom stereocenters. The minimum Gasteiger partial charge on any atom is -0.396 e. The van der Waals surface area contributed by atoms with Gasteiger partial charge in [-0.1, -0.05) is 0 Å². The molecule has 0 amide bonds. The van der Waals surface area contributed by atoms with Crippen molar-refractivity contribution in [2.45, 2.75) is 25.3 Å². The van der Waals surface area contributed by atoms with E-state index < -0.39 is 0 Å². The molecule has 3 N–H and O–H groups in total. The monoisotopic (exact) mass is 115 g/mol. The molecular weight excluding hydrogens is 102 g/mol. The van der Waals surface area contributed by atoms with Gasteiger partial charge in [0.25, 0.3) is 0 Å². The third-order valence-electron chi connectivity index (χ3n) is 1.84. The minimum absolute atomic E-state index is 0.327. The second kappa shape index (κ2) is 2.46. The van der Waals surface area contributed by atoms with Crippen molar-refractivity contribution in [3.63, 3.8) is 0 Å². The van der Waals surface area contributed by atoms with Gasteiger partial charge in [0.2, 0.25) is 0 Å². The normalized spacial score (nSPS) is 38.2. The molecule has 0 aromatic heterocycles. The molecule has 2 nitrogen and oxygen atoms in total. The fourth-order valence-electron chi connectivity index (χ4n) is 1.28. The maximum Gasteiger partial charge on any atom is 0.0459 e. The van der Waals surface area contributed by atoms with E-state index in [2.05, 4.69) is 0 Å². The van der Waals surface area contributed by atoms with Crippen LogP contribution in [0.3, 0.4) is 0 Å². The van der Waals surface area contributed by atoms with Gasteiger partial charge in [0.05, 0.1) is 0 Å². The molecule has 0 bridgehead atoms. The number of hydrogen-bond donors (Lipinski definition) is 2. The van der Waals surface area contributed by atoms with Crippen molar-refractivity contribution in [3.8, 4) is 0 Å². The summed E-state index contributed by atoms with van der Waals surface area (Å²) in [6, 6.07) is 0.368. The van der Waals surface area contributed by atoms with Gasteiger partial charge >= 0.3 is 0 Å². The van der Waals surface area contributed by atoms with Crippen LogP contribution < -0.4 is 5.73 Å². The summed E-state index contributed by atoms with van der Waals surface area (Å²) >= 11 is 0. The van der Waals surface area contributed by atoms with Crippen LogP contribution in [0.25, 0.3) is 0 Å². The van der Waals surface area contributed by atoms with Crippen LogP contribution in [0.1, 0.15) is 19.3 Å². The van der Waals surface area contributed by atoms with Crippen LogP contribution in [0.15, 0.2) is 0 Å². The summed E-state index contributed by atoms with van der Waals surface area (Å²) in [5.41, 5.74) is 5.59. The average Bonchev–Trinajstić information content (AvgIpc) is 2.14. The Balaban J connectivity index is 2.22. The lowest BCUT2D eigenvalue weighted by molar-refractivity contribution is 0.229. The zero-order valence-electron chi connectivity index (χ0n) is 5.01. The Morgan fingerprint density at radius 1 is 1.50 bits per heavy atom. The van der Waals surface area contributed by atoms with E-state index in [1.807, 2.05) is 0 Å². The van der Waals surface area contributed by atoms with Crippen LogP contribution in [-0.2, 0) is 0 Å². The maximum absolute atomic E-state index is 8.63. The zero-order chi connectivity index (χ0) is 5.98. The first kappa shape index (κ1) is 6.05. The van der Waals surface area contributed by atoms with E-state index >= 15 is 0 Å². The molecule has 0 aromatic rings. The molecule has 2 heteroatoms. The van der Waals surface area contributed by atoms with Crippen LogP contribution >= 0.6 is 0 Å². The molecule has 0 heterocycles. The van der Waals surface area contributed by atoms with Crippen LogP contribution in [0.5, 0.6) is 0 Å². The summed E-state index contributed by atoms with van der Waals surface area (Å²) < 4.78 is 0. The van der Waals surface area contributed by atoms with Crippen LogP contribution in [-0.4, -0.2) is 17.8 Å². The summed E-state index contributed by atoms with van der Waals surface area (Å²) in [6.45, 7) is 0.327. The van der Waals surface area contributed by atoms with Crippen LogP contribution in [0, 0.1) is 5.92 Å². The van der Waals surface area contributed by atoms with E-state index in [0.29, 0.717) is 18.6 Å². The van der Waals surface area contributed by atoms with E-state index in [-0.39, 0.29) is 0 Å². The van der Waals surface area contributed by atoms with Crippen molar-refractivity contribution in [1.29, 1.82) is 0 Å². The molecule has 2 atom stereocenters. The summed E-state index contributed by atoms with van der Waals surface area (Å²) in [6.07, 6.45) is 3.25. The predicted octanol–water partition coefficient (Wildman–Crippen LogP) is 0.106. The Hall–Kier alpha value is -0.0800. The molecule has 1 rings (SSSR count). The van der Waals surface area contributed by atoms with Crippen molar-refractivity contribution < 1.29 is 5.11 Å². The molecule has 48 valence electrons. The first-order chi connectivity index (χ1) is 3.83. The number of aliphatic hydroxyl groups is 1. The minimum atomic E-state index is 0.327. The van der Waals surface area contributed by atoms with Crippen molar-refractivity contribution in [1.82, 2.24) is 0 Å². The van der Waals surface area contributed by atoms with Crippen LogP contribution in [0.2, 0.25) is 0 Å². The van der Waals surface area contributed by atoms with E-state index in [9.17, 15) is 0 Å². The Kier molecular flexibility index (Phi) is 1.86. The van der Waals surface area contributed by atoms with Gasteiger partial charge in [-0.25, -0.2) is 0 Å². The number of rotatable bonds is 1. The molecule has 0 aliphatic heterocycles. The van der Waals surface area contributed by atoms with Crippen LogP contribution in [0.4, 0.5) is 0 Å². The van der Waals surface area contributed by atoms with Crippen molar-refractivity contribution in [2.24, 2.45) is 11.7 Å². The van der Waals surface area contributed by atoms with Gasteiger partial charge in [-0.2, -0.15) is 0 Å². The Labute approximate surface area is 49.7 Å². The molecule has 1 aliphatic rings. The highest BCUT2D eigenvalue weighted by Gasteiger charge is 2.19. The third kappa shape index (κ3) is 1.20. The van der Waals surface area contributed by atoms with E-state index in [0.717, 1.165) is 19.3 Å². The van der Waals surface area contributed by atoms with Gasteiger partial charge in [0.15, 0.2) is 0 Å². The standard InChI is InChI=1S/C6H13NO/c7-6-2-1-5(3-6)4-8/h5-6,8H,1-4,7H2/t5-,6+/m1/s1. The van der Waals surface area contributed by atoms with E-state index in [1.165, 1.54) is 0 Å². The molecule has 0 aromatic carbocycles. The van der Waals surface area contributed by atoms with Gasteiger partial charge in [-0.05, 0) is 25.2 Å². The molecular formula is C6H13NO. The molecule has 0 radical (unpaired) electrons. The highest BCUT2D eigenvalue weighted by atomic mass is 16.3. The smallest absolute Gasteiger partial charge is 0.0459 e. The number of hydrogen-bond acceptors (Lipinski definition) is 2. The van der Waals surface area contributed by atoms with Gasteiger partial charge in [0, 0.05) is 12.6 Å². The lowest BCUT2D eigenvalue weighted by Crippen LogP contribution is -2.15.